The van der Waals surface area contributed by atoms with E-state index < -0.39 is 16.8 Å². The first kappa shape index (κ1) is 10.1. The summed E-state index contributed by atoms with van der Waals surface area (Å²) >= 11 is 3.33. The molecule has 2 fully saturated rings. The number of ketones is 1. The molecule has 0 spiro atoms. The van der Waals surface area contributed by atoms with Gasteiger partial charge in [-0.15, -0.1) is 0 Å². The van der Waals surface area contributed by atoms with Gasteiger partial charge in [-0.3, -0.25) is 9.59 Å². The highest BCUT2D eigenvalue weighted by Gasteiger charge is 2.72. The third-order valence-electron chi connectivity index (χ3n) is 4.25. The SMILES string of the molecule is CC1(C)[C@H]2CC[C@]1(C(=O)O)C(=O)[C@@H]2Br. The molecule has 3 atom stereocenters. The number of fused-ring (bicyclic) bond motifs is 2. The molecule has 4 heteroatoms. The lowest BCUT2D eigenvalue weighted by atomic mass is 9.69. The molecule has 3 nitrogen and oxygen atoms in total. The van der Waals surface area contributed by atoms with Crippen molar-refractivity contribution in [2.24, 2.45) is 16.7 Å². The second-order valence-electron chi connectivity index (χ2n) is 4.84. The minimum absolute atomic E-state index is 0.133. The molecule has 14 heavy (non-hydrogen) atoms. The number of alkyl halides is 1. The average molecular weight is 261 g/mol. The van der Waals surface area contributed by atoms with E-state index in [2.05, 4.69) is 15.9 Å². The van der Waals surface area contributed by atoms with Gasteiger partial charge < -0.3 is 5.11 Å². The highest BCUT2D eigenvalue weighted by molar-refractivity contribution is 9.10. The second kappa shape index (κ2) is 2.60. The van der Waals surface area contributed by atoms with Gasteiger partial charge in [0.25, 0.3) is 0 Å². The number of carboxylic acids is 1. The predicted octanol–water partition coefficient (Wildman–Crippen LogP) is 1.84. The molecule has 0 unspecified atom stereocenters. The first-order valence-electron chi connectivity index (χ1n) is 4.77. The molecule has 1 N–H and O–H groups in total. The monoisotopic (exact) mass is 260 g/mol. The standard InChI is InChI=1S/C10H13BrO3/c1-9(2)5-3-4-10(9,8(13)14)7(12)6(5)11/h5-6H,3-4H2,1-2H3,(H,13,14)/t5-,6+,10+/m0/s1. The fraction of sp³-hybridized carbons (Fsp3) is 0.800. The van der Waals surface area contributed by atoms with E-state index in [9.17, 15) is 14.7 Å². The number of hydrogen-bond acceptors (Lipinski definition) is 2. The third-order valence-corrected chi connectivity index (χ3v) is 5.30. The molecule has 2 bridgehead atoms. The number of rotatable bonds is 1. The Morgan fingerprint density at radius 3 is 2.43 bits per heavy atom. The molecule has 2 aliphatic rings. The lowest BCUT2D eigenvalue weighted by Crippen LogP contribution is -2.44. The molecule has 0 heterocycles. The van der Waals surface area contributed by atoms with E-state index in [1.165, 1.54) is 0 Å². The molecule has 0 radical (unpaired) electrons. The van der Waals surface area contributed by atoms with Crippen molar-refractivity contribution < 1.29 is 14.7 Å². The van der Waals surface area contributed by atoms with Gasteiger partial charge in [0.15, 0.2) is 5.78 Å². The van der Waals surface area contributed by atoms with E-state index in [-0.39, 0.29) is 16.5 Å². The number of aliphatic carboxylic acids is 1. The Hall–Kier alpha value is -0.380. The molecule has 0 amide bonds. The highest BCUT2D eigenvalue weighted by atomic mass is 79.9. The van der Waals surface area contributed by atoms with Crippen LogP contribution in [0.2, 0.25) is 0 Å². The van der Waals surface area contributed by atoms with Crippen LogP contribution in [0, 0.1) is 16.7 Å². The van der Waals surface area contributed by atoms with Gasteiger partial charge in [-0.25, -0.2) is 0 Å². The van der Waals surface area contributed by atoms with Crippen LogP contribution in [0.3, 0.4) is 0 Å². The Morgan fingerprint density at radius 1 is 1.57 bits per heavy atom. The Balaban J connectivity index is 2.59. The molecular weight excluding hydrogens is 248 g/mol. The predicted molar refractivity (Wildman–Crippen MR) is 54.3 cm³/mol. The van der Waals surface area contributed by atoms with Crippen LogP contribution >= 0.6 is 15.9 Å². The van der Waals surface area contributed by atoms with Crippen LogP contribution < -0.4 is 0 Å². The maximum atomic E-state index is 11.9. The van der Waals surface area contributed by atoms with Gasteiger partial charge in [0.2, 0.25) is 0 Å². The number of hydrogen-bond donors (Lipinski definition) is 1. The van der Waals surface area contributed by atoms with Gasteiger partial charge >= 0.3 is 5.97 Å². The first-order valence-corrected chi connectivity index (χ1v) is 5.69. The fourth-order valence-electron chi connectivity index (χ4n) is 3.23. The summed E-state index contributed by atoms with van der Waals surface area (Å²) < 4.78 is 0. The lowest BCUT2D eigenvalue weighted by Gasteiger charge is -2.31. The summed E-state index contributed by atoms with van der Waals surface area (Å²) in [6.45, 7) is 3.80. The summed E-state index contributed by atoms with van der Waals surface area (Å²) in [7, 11) is 0. The topological polar surface area (TPSA) is 54.4 Å². The minimum atomic E-state index is -1.13. The summed E-state index contributed by atoms with van der Waals surface area (Å²) in [4.78, 5) is 23.0. The summed E-state index contributed by atoms with van der Waals surface area (Å²) in [5.74, 6) is -0.908. The third kappa shape index (κ3) is 0.794. The van der Waals surface area contributed by atoms with Gasteiger partial charge in [-0.05, 0) is 24.2 Å². The normalized spacial score (nSPS) is 44.4. The van der Waals surface area contributed by atoms with E-state index in [0.29, 0.717) is 6.42 Å². The number of Topliss-reactive ketones (excluding diaryl/α,β-unsaturated/α-hetero) is 1. The molecule has 2 rings (SSSR count). The van der Waals surface area contributed by atoms with Crippen LogP contribution in [0.25, 0.3) is 0 Å². The van der Waals surface area contributed by atoms with Gasteiger partial charge in [0.1, 0.15) is 5.41 Å². The minimum Gasteiger partial charge on any atom is -0.480 e. The second-order valence-corrected chi connectivity index (χ2v) is 5.83. The van der Waals surface area contributed by atoms with Crippen molar-refractivity contribution in [3.63, 3.8) is 0 Å². The lowest BCUT2D eigenvalue weighted by molar-refractivity contribution is -0.158. The average Bonchev–Trinajstić information content (AvgIpc) is 2.41. The molecule has 0 aromatic carbocycles. The summed E-state index contributed by atoms with van der Waals surface area (Å²) in [5.41, 5.74) is -1.55. The van der Waals surface area contributed by atoms with Crippen LogP contribution in [-0.4, -0.2) is 21.7 Å². The van der Waals surface area contributed by atoms with Gasteiger partial charge in [-0.2, -0.15) is 0 Å². The Kier molecular flexibility index (Phi) is 1.88. The zero-order valence-electron chi connectivity index (χ0n) is 8.21. The van der Waals surface area contributed by atoms with Crippen molar-refractivity contribution in [2.45, 2.75) is 31.5 Å². The zero-order chi connectivity index (χ0) is 10.7. The number of carbonyl (C=O) groups excluding carboxylic acids is 1. The van der Waals surface area contributed by atoms with Crippen molar-refractivity contribution in [2.75, 3.05) is 0 Å². The van der Waals surface area contributed by atoms with Crippen LogP contribution in [0.1, 0.15) is 26.7 Å². The quantitative estimate of drug-likeness (QED) is 0.578. The number of halogens is 1. The molecule has 0 aromatic heterocycles. The maximum Gasteiger partial charge on any atom is 0.317 e. The highest BCUT2D eigenvalue weighted by Crippen LogP contribution is 2.65. The summed E-state index contributed by atoms with van der Waals surface area (Å²) in [6.07, 6.45) is 1.34. The van der Waals surface area contributed by atoms with Gasteiger partial charge in [0.05, 0.1) is 4.83 Å². The van der Waals surface area contributed by atoms with Crippen molar-refractivity contribution in [3.05, 3.63) is 0 Å². The Bertz CT molecular complexity index is 323. The van der Waals surface area contributed by atoms with Crippen LogP contribution in [0.5, 0.6) is 0 Å². The molecule has 0 saturated heterocycles. The first-order chi connectivity index (χ1) is 6.35. The largest absolute Gasteiger partial charge is 0.480 e. The molecule has 0 aromatic rings. The van der Waals surface area contributed by atoms with Crippen LogP contribution in [0.4, 0.5) is 0 Å². The maximum absolute atomic E-state index is 11.9. The van der Waals surface area contributed by atoms with Crippen molar-refractivity contribution in [1.82, 2.24) is 0 Å². The van der Waals surface area contributed by atoms with E-state index in [1.54, 1.807) is 0 Å². The number of carbonyl (C=O) groups is 2. The van der Waals surface area contributed by atoms with E-state index in [0.717, 1.165) is 6.42 Å². The zero-order valence-corrected chi connectivity index (χ0v) is 9.80. The molecule has 78 valence electrons. The van der Waals surface area contributed by atoms with E-state index in [1.807, 2.05) is 13.8 Å². The molecule has 0 aliphatic heterocycles. The molecular formula is C10H13BrO3. The Labute approximate surface area is 91.0 Å². The van der Waals surface area contributed by atoms with Crippen molar-refractivity contribution in [3.8, 4) is 0 Å². The fourth-order valence-corrected chi connectivity index (χ4v) is 4.55. The Morgan fingerprint density at radius 2 is 2.14 bits per heavy atom. The van der Waals surface area contributed by atoms with Crippen molar-refractivity contribution >= 4 is 27.7 Å². The van der Waals surface area contributed by atoms with E-state index >= 15 is 0 Å². The molecule has 2 saturated carbocycles. The van der Waals surface area contributed by atoms with E-state index in [4.69, 9.17) is 0 Å². The smallest absolute Gasteiger partial charge is 0.317 e. The van der Waals surface area contributed by atoms with Gasteiger partial charge in [0, 0.05) is 0 Å². The van der Waals surface area contributed by atoms with Crippen molar-refractivity contribution in [1.29, 1.82) is 0 Å². The summed E-state index contributed by atoms with van der Waals surface area (Å²) in [6, 6.07) is 0. The molecule has 2 aliphatic carbocycles. The van der Waals surface area contributed by atoms with Crippen LogP contribution in [-0.2, 0) is 9.59 Å². The number of carboxylic acid groups (broad SMARTS) is 1. The van der Waals surface area contributed by atoms with Crippen LogP contribution in [0.15, 0.2) is 0 Å². The summed E-state index contributed by atoms with van der Waals surface area (Å²) in [5, 5.41) is 9.27. The van der Waals surface area contributed by atoms with Gasteiger partial charge in [-0.1, -0.05) is 29.8 Å².